The highest BCUT2D eigenvalue weighted by molar-refractivity contribution is 6.28. The predicted octanol–water partition coefficient (Wildman–Crippen LogP) is 2.15. The summed E-state index contributed by atoms with van der Waals surface area (Å²) in [5.74, 6) is 0.796. The van der Waals surface area contributed by atoms with Crippen LogP contribution >= 0.6 is 11.6 Å². The summed E-state index contributed by atoms with van der Waals surface area (Å²) in [5, 5.41) is 11.7. The standard InChI is InChI=1S/C9H11ClN4O/c1-5-8(7(3)15-13-5)6(2)14-4-11-12-9(14)10/h4,6H,1-3H3. The second kappa shape index (κ2) is 3.66. The molecule has 2 aromatic rings. The molecule has 0 aliphatic rings. The minimum absolute atomic E-state index is 0.0266. The van der Waals surface area contributed by atoms with Gasteiger partial charge >= 0.3 is 0 Å². The maximum atomic E-state index is 5.89. The van der Waals surface area contributed by atoms with Crippen LogP contribution in [0.1, 0.15) is 30.0 Å². The van der Waals surface area contributed by atoms with Gasteiger partial charge in [-0.3, -0.25) is 4.57 Å². The second-order valence-corrected chi connectivity index (χ2v) is 3.76. The van der Waals surface area contributed by atoms with E-state index in [-0.39, 0.29) is 6.04 Å². The molecule has 0 amide bonds. The number of hydrogen-bond donors (Lipinski definition) is 0. The summed E-state index contributed by atoms with van der Waals surface area (Å²) in [6, 6.07) is 0.0266. The van der Waals surface area contributed by atoms with E-state index in [0.29, 0.717) is 5.28 Å². The molecule has 2 aromatic heterocycles. The molecule has 0 aliphatic heterocycles. The van der Waals surface area contributed by atoms with Gasteiger partial charge in [0.15, 0.2) is 0 Å². The maximum absolute atomic E-state index is 5.89. The number of nitrogens with zero attached hydrogens (tertiary/aromatic N) is 4. The van der Waals surface area contributed by atoms with Crippen molar-refractivity contribution in [2.45, 2.75) is 26.8 Å². The van der Waals surface area contributed by atoms with Crippen LogP contribution in [0.25, 0.3) is 0 Å². The lowest BCUT2D eigenvalue weighted by Crippen LogP contribution is -2.07. The molecule has 0 bridgehead atoms. The van der Waals surface area contributed by atoms with Gasteiger partial charge in [0.2, 0.25) is 5.28 Å². The molecule has 0 radical (unpaired) electrons. The number of rotatable bonds is 2. The van der Waals surface area contributed by atoms with Crippen molar-refractivity contribution in [1.82, 2.24) is 19.9 Å². The largest absolute Gasteiger partial charge is 0.361 e. The van der Waals surface area contributed by atoms with E-state index in [1.807, 2.05) is 20.8 Å². The third-order valence-electron chi connectivity index (χ3n) is 2.45. The summed E-state index contributed by atoms with van der Waals surface area (Å²) >= 11 is 5.89. The summed E-state index contributed by atoms with van der Waals surface area (Å²) in [6.07, 6.45) is 1.60. The Morgan fingerprint density at radius 1 is 1.47 bits per heavy atom. The van der Waals surface area contributed by atoms with Crippen LogP contribution in [0.15, 0.2) is 10.9 Å². The van der Waals surface area contributed by atoms with Gasteiger partial charge in [0.1, 0.15) is 12.1 Å². The van der Waals surface area contributed by atoms with E-state index in [0.717, 1.165) is 17.0 Å². The fraction of sp³-hybridized carbons (Fsp3) is 0.444. The molecule has 0 saturated heterocycles. The molecule has 1 atom stereocenters. The van der Waals surface area contributed by atoms with Crippen molar-refractivity contribution < 1.29 is 4.52 Å². The Kier molecular flexibility index (Phi) is 2.48. The highest BCUT2D eigenvalue weighted by Gasteiger charge is 2.19. The Bertz CT molecular complexity index is 457. The van der Waals surface area contributed by atoms with E-state index < -0.39 is 0 Å². The highest BCUT2D eigenvalue weighted by Crippen LogP contribution is 2.26. The fourth-order valence-corrected chi connectivity index (χ4v) is 1.95. The van der Waals surface area contributed by atoms with Gasteiger partial charge in [-0.05, 0) is 32.4 Å². The predicted molar refractivity (Wildman–Crippen MR) is 54.8 cm³/mol. The number of aryl methyl sites for hydroxylation is 2. The third kappa shape index (κ3) is 1.63. The highest BCUT2D eigenvalue weighted by atomic mass is 35.5. The van der Waals surface area contributed by atoms with Gasteiger partial charge in [0.05, 0.1) is 11.7 Å². The first kappa shape index (κ1) is 10.2. The molecule has 2 rings (SSSR count). The number of aromatic nitrogens is 4. The van der Waals surface area contributed by atoms with Gasteiger partial charge in [-0.1, -0.05) is 5.16 Å². The van der Waals surface area contributed by atoms with Crippen molar-refractivity contribution in [2.75, 3.05) is 0 Å². The molecule has 0 saturated carbocycles. The van der Waals surface area contributed by atoms with Crippen LogP contribution in [0, 0.1) is 13.8 Å². The molecule has 0 spiro atoms. The summed E-state index contributed by atoms with van der Waals surface area (Å²) in [6.45, 7) is 5.78. The van der Waals surface area contributed by atoms with Crippen LogP contribution in [0.2, 0.25) is 5.28 Å². The lowest BCUT2D eigenvalue weighted by atomic mass is 10.1. The maximum Gasteiger partial charge on any atom is 0.225 e. The lowest BCUT2D eigenvalue weighted by Gasteiger charge is -2.12. The topological polar surface area (TPSA) is 56.7 Å². The van der Waals surface area contributed by atoms with Crippen molar-refractivity contribution in [1.29, 1.82) is 0 Å². The van der Waals surface area contributed by atoms with E-state index in [9.17, 15) is 0 Å². The Morgan fingerprint density at radius 2 is 2.20 bits per heavy atom. The molecular formula is C9H11ClN4O. The van der Waals surface area contributed by atoms with E-state index in [2.05, 4.69) is 15.4 Å². The van der Waals surface area contributed by atoms with Crippen LogP contribution < -0.4 is 0 Å². The molecule has 6 heteroatoms. The van der Waals surface area contributed by atoms with Crippen LogP contribution in [-0.2, 0) is 0 Å². The molecular weight excluding hydrogens is 216 g/mol. The van der Waals surface area contributed by atoms with Crippen LogP contribution in [0.4, 0.5) is 0 Å². The summed E-state index contributed by atoms with van der Waals surface area (Å²) in [7, 11) is 0. The fourth-order valence-electron chi connectivity index (χ4n) is 1.71. The average Bonchev–Trinajstić information content (AvgIpc) is 2.73. The second-order valence-electron chi connectivity index (χ2n) is 3.42. The number of halogens is 1. The Hall–Kier alpha value is -1.36. The first-order valence-corrected chi connectivity index (χ1v) is 4.97. The van der Waals surface area contributed by atoms with Gasteiger partial charge in [-0.25, -0.2) is 0 Å². The minimum atomic E-state index is 0.0266. The molecule has 15 heavy (non-hydrogen) atoms. The minimum Gasteiger partial charge on any atom is -0.361 e. The molecule has 2 heterocycles. The summed E-state index contributed by atoms with van der Waals surface area (Å²) in [4.78, 5) is 0. The van der Waals surface area contributed by atoms with Crippen LogP contribution in [0.3, 0.4) is 0 Å². The zero-order chi connectivity index (χ0) is 11.0. The zero-order valence-electron chi connectivity index (χ0n) is 8.73. The molecule has 80 valence electrons. The van der Waals surface area contributed by atoms with Crippen molar-refractivity contribution in [3.8, 4) is 0 Å². The normalized spacial score (nSPS) is 13.1. The lowest BCUT2D eigenvalue weighted by molar-refractivity contribution is 0.391. The molecule has 0 aromatic carbocycles. The van der Waals surface area contributed by atoms with E-state index >= 15 is 0 Å². The van der Waals surface area contributed by atoms with Gasteiger partial charge < -0.3 is 4.52 Å². The van der Waals surface area contributed by atoms with E-state index in [4.69, 9.17) is 16.1 Å². The van der Waals surface area contributed by atoms with Gasteiger partial charge in [0.25, 0.3) is 0 Å². The molecule has 5 nitrogen and oxygen atoms in total. The molecule has 0 N–H and O–H groups in total. The molecule has 0 fully saturated rings. The SMILES string of the molecule is Cc1noc(C)c1C(C)n1cnnc1Cl. The number of hydrogen-bond acceptors (Lipinski definition) is 4. The van der Waals surface area contributed by atoms with E-state index in [1.54, 1.807) is 10.9 Å². The molecule has 0 aliphatic carbocycles. The third-order valence-corrected chi connectivity index (χ3v) is 2.72. The smallest absolute Gasteiger partial charge is 0.225 e. The van der Waals surface area contributed by atoms with Crippen molar-refractivity contribution in [3.63, 3.8) is 0 Å². The van der Waals surface area contributed by atoms with Crippen LogP contribution in [0.5, 0.6) is 0 Å². The summed E-state index contributed by atoms with van der Waals surface area (Å²) < 4.78 is 6.88. The Labute approximate surface area is 92.0 Å². The quantitative estimate of drug-likeness (QED) is 0.787. The van der Waals surface area contributed by atoms with E-state index in [1.165, 1.54) is 0 Å². The Morgan fingerprint density at radius 3 is 2.67 bits per heavy atom. The van der Waals surface area contributed by atoms with Crippen molar-refractivity contribution in [2.24, 2.45) is 0 Å². The van der Waals surface area contributed by atoms with Gasteiger partial charge in [-0.15, -0.1) is 10.2 Å². The van der Waals surface area contributed by atoms with Crippen molar-refractivity contribution >= 4 is 11.6 Å². The Balaban J connectivity index is 2.45. The van der Waals surface area contributed by atoms with Gasteiger partial charge in [-0.2, -0.15) is 0 Å². The first-order valence-electron chi connectivity index (χ1n) is 4.59. The zero-order valence-corrected chi connectivity index (χ0v) is 9.49. The first-order chi connectivity index (χ1) is 7.11. The van der Waals surface area contributed by atoms with Gasteiger partial charge in [0, 0.05) is 5.56 Å². The summed E-state index contributed by atoms with van der Waals surface area (Å²) in [5.41, 5.74) is 1.89. The monoisotopic (exact) mass is 226 g/mol. The average molecular weight is 227 g/mol. The van der Waals surface area contributed by atoms with Crippen LogP contribution in [-0.4, -0.2) is 19.9 Å². The van der Waals surface area contributed by atoms with Crippen molar-refractivity contribution in [3.05, 3.63) is 28.6 Å². The molecule has 1 unspecified atom stereocenters.